The summed E-state index contributed by atoms with van der Waals surface area (Å²) in [6.45, 7) is 5.82. The molecule has 1 heterocycles. The number of anilines is 1. The number of aryl methyl sites for hydroxylation is 1. The molecule has 19 heavy (non-hydrogen) atoms. The number of aromatic nitrogens is 1. The first-order chi connectivity index (χ1) is 8.90. The van der Waals surface area contributed by atoms with Crippen molar-refractivity contribution in [1.82, 2.24) is 4.98 Å². The summed E-state index contributed by atoms with van der Waals surface area (Å²) in [6, 6.07) is 6.89. The van der Waals surface area contributed by atoms with Gasteiger partial charge in [-0.05, 0) is 24.5 Å². The number of rotatable bonds is 4. The van der Waals surface area contributed by atoms with E-state index in [1.54, 1.807) is 25.1 Å². The summed E-state index contributed by atoms with van der Waals surface area (Å²) in [5.41, 5.74) is 1.61. The maximum absolute atomic E-state index is 12.3. The zero-order valence-electron chi connectivity index (χ0n) is 11.0. The van der Waals surface area contributed by atoms with Gasteiger partial charge < -0.3 is 0 Å². The zero-order chi connectivity index (χ0) is 14.0. The molecule has 0 spiro atoms. The molecule has 0 aliphatic heterocycles. The van der Waals surface area contributed by atoms with Crippen molar-refractivity contribution in [3.05, 3.63) is 40.9 Å². The lowest BCUT2D eigenvalue weighted by atomic mass is 10.2. The maximum atomic E-state index is 12.3. The molecule has 0 fully saturated rings. The summed E-state index contributed by atoms with van der Waals surface area (Å²) in [7, 11) is -3.56. The summed E-state index contributed by atoms with van der Waals surface area (Å²) in [5, 5.41) is 2.28. The number of benzene rings is 1. The second-order valence-corrected chi connectivity index (χ2v) is 7.11. The van der Waals surface area contributed by atoms with Gasteiger partial charge in [0.1, 0.15) is 0 Å². The number of thiazole rings is 1. The Bertz CT molecular complexity index is 675. The van der Waals surface area contributed by atoms with E-state index < -0.39 is 10.0 Å². The maximum Gasteiger partial charge on any atom is 0.263 e. The Labute approximate surface area is 117 Å². The van der Waals surface area contributed by atoms with E-state index in [1.807, 2.05) is 25.3 Å². The standard InChI is InChI=1S/C13H16N2O2S2/c1-9(2)11-8-18-13(14-11)15-19(16,17)12-7-5-4-6-10(12)3/h4-9H,1-3H3,(H,14,15). The summed E-state index contributed by atoms with van der Waals surface area (Å²) >= 11 is 1.30. The third-order valence-electron chi connectivity index (χ3n) is 2.72. The van der Waals surface area contributed by atoms with Crippen LogP contribution < -0.4 is 4.72 Å². The van der Waals surface area contributed by atoms with Crippen LogP contribution in [0.15, 0.2) is 34.5 Å². The fourth-order valence-corrected chi connectivity index (χ4v) is 4.00. The van der Waals surface area contributed by atoms with E-state index >= 15 is 0 Å². The summed E-state index contributed by atoms with van der Waals surface area (Å²) in [5.74, 6) is 0.285. The van der Waals surface area contributed by atoms with Gasteiger partial charge in [-0.1, -0.05) is 32.0 Å². The van der Waals surface area contributed by atoms with Crippen LogP contribution in [0.4, 0.5) is 5.13 Å². The number of hydrogen-bond acceptors (Lipinski definition) is 4. The molecule has 0 unspecified atom stereocenters. The Kier molecular flexibility index (Phi) is 3.91. The quantitative estimate of drug-likeness (QED) is 0.941. The van der Waals surface area contributed by atoms with Crippen LogP contribution in [0.5, 0.6) is 0 Å². The van der Waals surface area contributed by atoms with Crippen LogP contribution in [0, 0.1) is 6.92 Å². The molecule has 0 aliphatic carbocycles. The van der Waals surface area contributed by atoms with Crippen molar-refractivity contribution in [1.29, 1.82) is 0 Å². The number of hydrogen-bond donors (Lipinski definition) is 1. The van der Waals surface area contributed by atoms with E-state index in [4.69, 9.17) is 0 Å². The molecular formula is C13H16N2O2S2. The van der Waals surface area contributed by atoms with Crippen molar-refractivity contribution < 1.29 is 8.42 Å². The number of sulfonamides is 1. The molecule has 1 aromatic heterocycles. The van der Waals surface area contributed by atoms with E-state index in [-0.39, 0.29) is 10.8 Å². The lowest BCUT2D eigenvalue weighted by Crippen LogP contribution is -2.14. The van der Waals surface area contributed by atoms with Gasteiger partial charge >= 0.3 is 0 Å². The molecule has 1 aromatic carbocycles. The average molecular weight is 296 g/mol. The van der Waals surface area contributed by atoms with Gasteiger partial charge in [-0.2, -0.15) is 0 Å². The van der Waals surface area contributed by atoms with E-state index in [2.05, 4.69) is 9.71 Å². The van der Waals surface area contributed by atoms with Gasteiger partial charge in [0.15, 0.2) is 5.13 Å². The molecule has 0 amide bonds. The molecule has 2 aromatic rings. The third-order valence-corrected chi connectivity index (χ3v) is 5.12. The first-order valence-electron chi connectivity index (χ1n) is 5.94. The summed E-state index contributed by atoms with van der Waals surface area (Å²) in [4.78, 5) is 4.57. The van der Waals surface area contributed by atoms with Crippen LogP contribution in [0.2, 0.25) is 0 Å². The van der Waals surface area contributed by atoms with Gasteiger partial charge in [0.05, 0.1) is 10.6 Å². The average Bonchev–Trinajstić information content (AvgIpc) is 2.77. The number of nitrogens with one attached hydrogen (secondary N) is 1. The van der Waals surface area contributed by atoms with Crippen LogP contribution in [0.3, 0.4) is 0 Å². The molecule has 0 saturated carbocycles. The second kappa shape index (κ2) is 5.30. The molecule has 0 aliphatic rings. The Hall–Kier alpha value is -1.40. The minimum absolute atomic E-state index is 0.285. The second-order valence-electron chi connectivity index (χ2n) is 4.60. The molecule has 0 radical (unpaired) electrons. The highest BCUT2D eigenvalue weighted by atomic mass is 32.2. The smallest absolute Gasteiger partial charge is 0.255 e. The largest absolute Gasteiger partial charge is 0.263 e. The Morgan fingerprint density at radius 1 is 1.26 bits per heavy atom. The SMILES string of the molecule is Cc1ccccc1S(=O)(=O)Nc1nc(C(C)C)cs1. The first-order valence-corrected chi connectivity index (χ1v) is 8.30. The highest BCUT2D eigenvalue weighted by Gasteiger charge is 2.18. The first kappa shape index (κ1) is 14.0. The van der Waals surface area contributed by atoms with E-state index in [0.29, 0.717) is 5.13 Å². The highest BCUT2D eigenvalue weighted by molar-refractivity contribution is 7.93. The molecule has 0 saturated heterocycles. The van der Waals surface area contributed by atoms with Gasteiger partial charge in [0, 0.05) is 5.38 Å². The lowest BCUT2D eigenvalue weighted by molar-refractivity contribution is 0.600. The molecular weight excluding hydrogens is 280 g/mol. The van der Waals surface area contributed by atoms with E-state index in [1.165, 1.54) is 11.3 Å². The topological polar surface area (TPSA) is 59.1 Å². The van der Waals surface area contributed by atoms with Crippen molar-refractivity contribution in [3.8, 4) is 0 Å². The molecule has 0 atom stereocenters. The van der Waals surface area contributed by atoms with Crippen molar-refractivity contribution in [2.45, 2.75) is 31.6 Å². The van der Waals surface area contributed by atoms with Crippen molar-refractivity contribution in [3.63, 3.8) is 0 Å². The predicted octanol–water partition coefficient (Wildman–Crippen LogP) is 3.38. The number of nitrogens with zero attached hydrogens (tertiary/aromatic N) is 1. The minimum atomic E-state index is -3.56. The molecule has 4 nitrogen and oxygen atoms in total. The fourth-order valence-electron chi connectivity index (χ4n) is 1.63. The van der Waals surface area contributed by atoms with Gasteiger partial charge in [-0.25, -0.2) is 13.4 Å². The molecule has 1 N–H and O–H groups in total. The van der Waals surface area contributed by atoms with Gasteiger partial charge in [-0.15, -0.1) is 11.3 Å². The summed E-state index contributed by atoms with van der Waals surface area (Å²) < 4.78 is 27.0. The van der Waals surface area contributed by atoms with Crippen molar-refractivity contribution in [2.75, 3.05) is 4.72 Å². The Morgan fingerprint density at radius 2 is 1.95 bits per heavy atom. The van der Waals surface area contributed by atoms with E-state index in [9.17, 15) is 8.42 Å². The molecule has 102 valence electrons. The molecule has 0 bridgehead atoms. The van der Waals surface area contributed by atoms with Crippen molar-refractivity contribution >= 4 is 26.5 Å². The third kappa shape index (κ3) is 3.13. The van der Waals surface area contributed by atoms with Crippen LogP contribution >= 0.6 is 11.3 Å². The normalized spacial score (nSPS) is 11.8. The Morgan fingerprint density at radius 3 is 2.53 bits per heavy atom. The van der Waals surface area contributed by atoms with Gasteiger partial charge in [0.2, 0.25) is 0 Å². The van der Waals surface area contributed by atoms with Crippen molar-refractivity contribution in [2.24, 2.45) is 0 Å². The monoisotopic (exact) mass is 296 g/mol. The highest BCUT2D eigenvalue weighted by Crippen LogP contribution is 2.24. The molecule has 2 rings (SSSR count). The molecule has 6 heteroatoms. The van der Waals surface area contributed by atoms with E-state index in [0.717, 1.165) is 11.3 Å². The van der Waals surface area contributed by atoms with Crippen LogP contribution in [0.25, 0.3) is 0 Å². The minimum Gasteiger partial charge on any atom is -0.255 e. The lowest BCUT2D eigenvalue weighted by Gasteiger charge is -2.07. The van der Waals surface area contributed by atoms with Gasteiger partial charge in [-0.3, -0.25) is 4.72 Å². The van der Waals surface area contributed by atoms with Gasteiger partial charge in [0.25, 0.3) is 10.0 Å². The summed E-state index contributed by atoms with van der Waals surface area (Å²) in [6.07, 6.45) is 0. The Balaban J connectivity index is 2.29. The van der Waals surface area contributed by atoms with Crippen LogP contribution in [-0.2, 0) is 10.0 Å². The van der Waals surface area contributed by atoms with Crippen LogP contribution in [0.1, 0.15) is 31.0 Å². The zero-order valence-corrected chi connectivity index (χ0v) is 12.7. The predicted molar refractivity (Wildman–Crippen MR) is 78.2 cm³/mol. The fraction of sp³-hybridized carbons (Fsp3) is 0.308. The van der Waals surface area contributed by atoms with Crippen LogP contribution in [-0.4, -0.2) is 13.4 Å².